The van der Waals surface area contributed by atoms with Crippen molar-refractivity contribution in [2.45, 2.75) is 277 Å². The molecule has 0 saturated heterocycles. The molecule has 0 spiro atoms. The van der Waals surface area contributed by atoms with Gasteiger partial charge in [-0.2, -0.15) is 0 Å². The van der Waals surface area contributed by atoms with Crippen molar-refractivity contribution in [3.63, 3.8) is 0 Å². The number of rotatable bonds is 56. The molecule has 0 rings (SSSR count). The molecular formula is C63H112NO8P. The van der Waals surface area contributed by atoms with Gasteiger partial charge in [-0.3, -0.25) is 18.6 Å². The maximum Gasteiger partial charge on any atom is 0.472 e. The highest BCUT2D eigenvalue weighted by Gasteiger charge is 2.26. The summed E-state index contributed by atoms with van der Waals surface area (Å²) in [7, 11) is -4.39. The first kappa shape index (κ1) is 70.2. The van der Waals surface area contributed by atoms with Gasteiger partial charge in [-0.05, 0) is 83.5 Å². The van der Waals surface area contributed by atoms with Gasteiger partial charge in [-0.1, -0.05) is 259 Å². The van der Waals surface area contributed by atoms with Crippen LogP contribution >= 0.6 is 7.82 Å². The Balaban J connectivity index is 3.78. The molecule has 0 saturated carbocycles. The summed E-state index contributed by atoms with van der Waals surface area (Å²) in [6.45, 7) is 3.56. The zero-order valence-electron chi connectivity index (χ0n) is 47.1. The molecule has 0 aliphatic heterocycles. The Morgan fingerprint density at radius 1 is 0.425 bits per heavy atom. The van der Waals surface area contributed by atoms with E-state index >= 15 is 0 Å². The number of carbonyl (C=O) groups is 2. The lowest BCUT2D eigenvalue weighted by Crippen LogP contribution is -2.29. The van der Waals surface area contributed by atoms with Gasteiger partial charge < -0.3 is 20.1 Å². The summed E-state index contributed by atoms with van der Waals surface area (Å²) in [6, 6.07) is 0. The number of unbranched alkanes of at least 4 members (excludes halogenated alkanes) is 29. The number of allylic oxidation sites excluding steroid dienone is 14. The number of hydrogen-bond donors (Lipinski definition) is 2. The van der Waals surface area contributed by atoms with Crippen LogP contribution in [0.5, 0.6) is 0 Å². The number of ether oxygens (including phenoxy) is 2. The Bertz CT molecular complexity index is 1470. The van der Waals surface area contributed by atoms with Gasteiger partial charge in [0.2, 0.25) is 0 Å². The molecule has 0 amide bonds. The molecule has 2 atom stereocenters. The van der Waals surface area contributed by atoms with Crippen LogP contribution in [0.15, 0.2) is 85.1 Å². The average molecular weight is 1040 g/mol. The van der Waals surface area contributed by atoms with E-state index in [1.807, 2.05) is 0 Å². The topological polar surface area (TPSA) is 134 Å². The van der Waals surface area contributed by atoms with Crippen molar-refractivity contribution in [2.24, 2.45) is 5.73 Å². The molecule has 0 aromatic rings. The summed E-state index contributed by atoms with van der Waals surface area (Å²) in [5.41, 5.74) is 5.37. The van der Waals surface area contributed by atoms with E-state index in [2.05, 4.69) is 98.9 Å². The van der Waals surface area contributed by atoms with Crippen molar-refractivity contribution in [2.75, 3.05) is 26.4 Å². The number of phosphoric acid groups is 1. The van der Waals surface area contributed by atoms with E-state index in [9.17, 15) is 19.0 Å². The van der Waals surface area contributed by atoms with Crippen LogP contribution < -0.4 is 5.73 Å². The molecule has 422 valence electrons. The van der Waals surface area contributed by atoms with Gasteiger partial charge >= 0.3 is 19.8 Å². The second kappa shape index (κ2) is 58.5. The third-order valence-corrected chi connectivity index (χ3v) is 13.7. The molecule has 0 radical (unpaired) electrons. The largest absolute Gasteiger partial charge is 0.472 e. The maximum atomic E-state index is 12.7. The Morgan fingerprint density at radius 3 is 1.12 bits per heavy atom. The Labute approximate surface area is 449 Å². The molecule has 2 unspecified atom stereocenters. The predicted molar refractivity (Wildman–Crippen MR) is 312 cm³/mol. The van der Waals surface area contributed by atoms with Crippen molar-refractivity contribution in [1.29, 1.82) is 0 Å². The van der Waals surface area contributed by atoms with Gasteiger partial charge in [0, 0.05) is 19.4 Å². The van der Waals surface area contributed by atoms with Crippen LogP contribution in [-0.4, -0.2) is 49.3 Å². The molecule has 0 aromatic heterocycles. The predicted octanol–water partition coefficient (Wildman–Crippen LogP) is 19.1. The lowest BCUT2D eigenvalue weighted by atomic mass is 10.0. The molecule has 0 heterocycles. The van der Waals surface area contributed by atoms with Crippen molar-refractivity contribution < 1.29 is 37.6 Å². The third kappa shape index (κ3) is 58.3. The summed E-state index contributed by atoms with van der Waals surface area (Å²) in [6.07, 6.45) is 76.7. The normalized spacial score (nSPS) is 13.6. The van der Waals surface area contributed by atoms with Crippen molar-refractivity contribution in [1.82, 2.24) is 0 Å². The Kier molecular flexibility index (Phi) is 56.2. The summed E-state index contributed by atoms with van der Waals surface area (Å²) in [4.78, 5) is 35.1. The third-order valence-electron chi connectivity index (χ3n) is 12.7. The fourth-order valence-electron chi connectivity index (χ4n) is 8.35. The van der Waals surface area contributed by atoms with Crippen molar-refractivity contribution >= 4 is 19.8 Å². The van der Waals surface area contributed by atoms with E-state index in [1.165, 1.54) is 135 Å². The molecule has 3 N–H and O–H groups in total. The van der Waals surface area contributed by atoms with Gasteiger partial charge in [-0.15, -0.1) is 0 Å². The molecule has 0 aliphatic carbocycles. The fourth-order valence-corrected chi connectivity index (χ4v) is 9.11. The highest BCUT2D eigenvalue weighted by atomic mass is 31.2. The number of nitrogens with two attached hydrogens (primary N) is 1. The SMILES string of the molecule is CC/C=C\C/C=C\C/C=C\C/C=C\C/C=C\CCCCCCCCCCCCCCCCCCCCCCCCCC(=O)OC(COC(=O)CCCCCCC/C=C\C/C=C\CCC)COP(=O)(O)OCCN. The minimum absolute atomic E-state index is 0.0504. The van der Waals surface area contributed by atoms with E-state index in [0.29, 0.717) is 12.8 Å². The first-order chi connectivity index (χ1) is 35.8. The highest BCUT2D eigenvalue weighted by molar-refractivity contribution is 7.47. The van der Waals surface area contributed by atoms with Crippen LogP contribution in [0.3, 0.4) is 0 Å². The lowest BCUT2D eigenvalue weighted by molar-refractivity contribution is -0.161. The highest BCUT2D eigenvalue weighted by Crippen LogP contribution is 2.43. The van der Waals surface area contributed by atoms with Gasteiger partial charge in [0.1, 0.15) is 6.61 Å². The zero-order valence-corrected chi connectivity index (χ0v) is 48.0. The van der Waals surface area contributed by atoms with Crippen LogP contribution in [0, 0.1) is 0 Å². The monoisotopic (exact) mass is 1040 g/mol. The van der Waals surface area contributed by atoms with E-state index in [-0.39, 0.29) is 32.6 Å². The van der Waals surface area contributed by atoms with Crippen molar-refractivity contribution in [3.05, 3.63) is 85.1 Å². The van der Waals surface area contributed by atoms with Crippen LogP contribution in [0.2, 0.25) is 0 Å². The van der Waals surface area contributed by atoms with Crippen LogP contribution in [0.1, 0.15) is 271 Å². The summed E-state index contributed by atoms with van der Waals surface area (Å²) < 4.78 is 32.9. The first-order valence-corrected chi connectivity index (χ1v) is 31.6. The molecule has 0 aliphatic rings. The quantitative estimate of drug-likeness (QED) is 0.0264. The second-order valence-corrected chi connectivity index (χ2v) is 21.3. The molecule has 10 heteroatoms. The van der Waals surface area contributed by atoms with E-state index < -0.39 is 32.5 Å². The number of phosphoric ester groups is 1. The van der Waals surface area contributed by atoms with Gasteiger partial charge in [0.25, 0.3) is 0 Å². The maximum absolute atomic E-state index is 12.7. The molecule has 0 fully saturated rings. The summed E-state index contributed by atoms with van der Waals surface area (Å²) in [5.74, 6) is -0.838. The average Bonchev–Trinajstić information content (AvgIpc) is 3.38. The zero-order chi connectivity index (χ0) is 53.1. The molecule has 0 bridgehead atoms. The Hall–Kier alpha value is -2.81. The van der Waals surface area contributed by atoms with Crippen LogP contribution in [0.25, 0.3) is 0 Å². The van der Waals surface area contributed by atoms with Gasteiger partial charge in [0.05, 0.1) is 13.2 Å². The van der Waals surface area contributed by atoms with E-state index in [4.69, 9.17) is 24.3 Å². The van der Waals surface area contributed by atoms with Crippen molar-refractivity contribution in [3.8, 4) is 0 Å². The number of hydrogen-bond acceptors (Lipinski definition) is 8. The summed E-state index contributed by atoms with van der Waals surface area (Å²) in [5, 5.41) is 0. The lowest BCUT2D eigenvalue weighted by Gasteiger charge is -2.19. The molecule has 73 heavy (non-hydrogen) atoms. The van der Waals surface area contributed by atoms with Gasteiger partial charge in [-0.25, -0.2) is 4.57 Å². The van der Waals surface area contributed by atoms with Gasteiger partial charge in [0.15, 0.2) is 6.10 Å². The number of carbonyl (C=O) groups excluding carboxylic acids is 2. The molecular weight excluding hydrogens is 930 g/mol. The first-order valence-electron chi connectivity index (χ1n) is 30.1. The summed E-state index contributed by atoms with van der Waals surface area (Å²) >= 11 is 0. The van der Waals surface area contributed by atoms with Crippen LogP contribution in [0.4, 0.5) is 0 Å². The van der Waals surface area contributed by atoms with Crippen LogP contribution in [-0.2, 0) is 32.7 Å². The molecule has 9 nitrogen and oxygen atoms in total. The number of esters is 2. The fraction of sp³-hybridized carbons (Fsp3) is 0.746. The minimum Gasteiger partial charge on any atom is -0.462 e. The standard InChI is InChI=1S/C63H112NO8P/c1-3-5-7-9-11-13-15-17-18-19-20-21-22-23-24-25-26-27-28-29-30-31-32-33-34-35-36-37-38-39-40-41-42-44-46-48-50-52-54-56-63(66)72-61(60-71-73(67,68)70-58-57-64)59-69-62(65)55-53-51-49-47-45-43-16-14-12-10-8-6-4-2/h5,7-8,10-11,13-14,16-18,20-21,23-24,61H,3-4,6,9,12,15,19,22,25-60,64H2,1-2H3,(H,67,68)/b7-5-,10-8-,13-11-,16-14-,18-17-,21-20-,24-23-. The molecule has 0 aromatic carbocycles. The minimum atomic E-state index is -4.39. The van der Waals surface area contributed by atoms with E-state index in [1.54, 1.807) is 0 Å². The second-order valence-electron chi connectivity index (χ2n) is 19.8. The Morgan fingerprint density at radius 2 is 0.753 bits per heavy atom. The van der Waals surface area contributed by atoms with E-state index in [0.717, 1.165) is 96.3 Å². The smallest absolute Gasteiger partial charge is 0.462 e.